The van der Waals surface area contributed by atoms with E-state index in [2.05, 4.69) is 15.6 Å². The van der Waals surface area contributed by atoms with Gasteiger partial charge in [0.2, 0.25) is 0 Å². The van der Waals surface area contributed by atoms with Crippen LogP contribution in [0.25, 0.3) is 0 Å². The molecule has 5 nitrogen and oxygen atoms in total. The zero-order chi connectivity index (χ0) is 25.1. The average Bonchev–Trinajstić information content (AvgIpc) is 2.70. The number of hydrogen-bond donors (Lipinski definition) is 3. The molecule has 0 aliphatic heterocycles. The van der Waals surface area contributed by atoms with Crippen LogP contribution in [-0.4, -0.2) is 67.8 Å². The van der Waals surface area contributed by atoms with Crippen molar-refractivity contribution < 1.29 is 36.2 Å². The average molecular weight is 474 g/mol. The van der Waals surface area contributed by atoms with E-state index >= 15 is 0 Å². The number of aliphatic imine (C=N–C) groups is 1. The van der Waals surface area contributed by atoms with Gasteiger partial charge in [0, 0.05) is 24.6 Å². The molecule has 3 N–H and O–H groups in total. The molecule has 186 valence electrons. The van der Waals surface area contributed by atoms with E-state index in [-0.39, 0.29) is 18.5 Å². The molecular weight excluding hydrogens is 440 g/mol. The number of ketones is 1. The standard InChI is InChI=1S/C21H33F6N3O2/c1-6-8-15(9-10-20(22,23)24)18(28-5)16(11-29-7-2)13(3)17(31)12-30-14(4)19(32)21(25,26)27/h6,8,12,14-15,18-19,28-29,32H,7,9-11H2,1-5H3/b8-6-,16-13+,30-12?/t14-,15?,18?,19?/m1/s1. The largest absolute Gasteiger partial charge is 0.416 e. The Morgan fingerprint density at radius 2 is 1.78 bits per heavy atom. The second kappa shape index (κ2) is 13.7. The van der Waals surface area contributed by atoms with E-state index in [0.29, 0.717) is 18.3 Å². The fraction of sp³-hybridized carbons (Fsp3) is 0.714. The van der Waals surface area contributed by atoms with Gasteiger partial charge in [-0.05, 0) is 52.3 Å². The van der Waals surface area contributed by atoms with Gasteiger partial charge in [-0.25, -0.2) is 0 Å². The normalized spacial score (nSPS) is 18.0. The Bertz CT molecular complexity index is 671. The molecule has 0 amide bonds. The Labute approximate surface area is 185 Å². The Morgan fingerprint density at radius 3 is 2.22 bits per heavy atom. The van der Waals surface area contributed by atoms with E-state index in [9.17, 15) is 36.2 Å². The number of aliphatic hydroxyl groups is 1. The first-order valence-electron chi connectivity index (χ1n) is 10.3. The fourth-order valence-corrected chi connectivity index (χ4v) is 3.13. The molecule has 32 heavy (non-hydrogen) atoms. The monoisotopic (exact) mass is 473 g/mol. The van der Waals surface area contributed by atoms with Gasteiger partial charge in [0.25, 0.3) is 0 Å². The minimum Gasteiger partial charge on any atom is -0.382 e. The second-order valence-electron chi connectivity index (χ2n) is 7.41. The number of aliphatic hydroxyl groups excluding tert-OH is 1. The Hall–Kier alpha value is -1.72. The minimum absolute atomic E-state index is 0.157. The van der Waals surface area contributed by atoms with Gasteiger partial charge in [0.05, 0.1) is 12.3 Å². The van der Waals surface area contributed by atoms with Crippen molar-refractivity contribution in [2.75, 3.05) is 20.1 Å². The van der Waals surface area contributed by atoms with E-state index in [4.69, 9.17) is 0 Å². The number of nitrogens with one attached hydrogen (secondary N) is 2. The third kappa shape index (κ3) is 10.7. The van der Waals surface area contributed by atoms with Crippen LogP contribution in [0.2, 0.25) is 0 Å². The second-order valence-corrected chi connectivity index (χ2v) is 7.41. The van der Waals surface area contributed by atoms with Crippen molar-refractivity contribution in [1.29, 1.82) is 0 Å². The molecule has 0 saturated carbocycles. The molecule has 0 spiro atoms. The van der Waals surface area contributed by atoms with Gasteiger partial charge in [-0.1, -0.05) is 19.1 Å². The van der Waals surface area contributed by atoms with Crippen LogP contribution < -0.4 is 10.6 Å². The first-order chi connectivity index (χ1) is 14.7. The number of Topliss-reactive ketones (excluding diaryl/α,β-unsaturated/α-hetero) is 1. The lowest BCUT2D eigenvalue weighted by Crippen LogP contribution is -2.40. The molecule has 0 aromatic rings. The van der Waals surface area contributed by atoms with Crippen LogP contribution in [0, 0.1) is 5.92 Å². The first-order valence-corrected chi connectivity index (χ1v) is 10.3. The van der Waals surface area contributed by atoms with Crippen molar-refractivity contribution in [3.05, 3.63) is 23.3 Å². The molecule has 0 aliphatic rings. The highest BCUT2D eigenvalue weighted by atomic mass is 19.4. The lowest BCUT2D eigenvalue weighted by atomic mass is 9.85. The summed E-state index contributed by atoms with van der Waals surface area (Å²) in [6.07, 6.45) is -9.17. The van der Waals surface area contributed by atoms with Crippen LogP contribution in [0.4, 0.5) is 26.3 Å². The molecule has 11 heteroatoms. The molecule has 0 bridgehead atoms. The molecule has 4 atom stereocenters. The number of halogens is 6. The highest BCUT2D eigenvalue weighted by Crippen LogP contribution is 2.29. The summed E-state index contributed by atoms with van der Waals surface area (Å²) in [4.78, 5) is 16.1. The van der Waals surface area contributed by atoms with E-state index < -0.39 is 48.7 Å². The summed E-state index contributed by atoms with van der Waals surface area (Å²) in [5.74, 6) is -1.26. The molecular formula is C21H33F6N3O2. The maximum Gasteiger partial charge on any atom is 0.416 e. The van der Waals surface area contributed by atoms with Crippen molar-refractivity contribution >= 4 is 12.0 Å². The van der Waals surface area contributed by atoms with Gasteiger partial charge in [0.1, 0.15) is 0 Å². The first kappa shape index (κ1) is 30.3. The maximum absolute atomic E-state index is 12.8. The van der Waals surface area contributed by atoms with Crippen LogP contribution in [0.15, 0.2) is 28.3 Å². The van der Waals surface area contributed by atoms with Gasteiger partial charge in [-0.3, -0.25) is 9.79 Å². The van der Waals surface area contributed by atoms with Crippen LogP contribution in [-0.2, 0) is 4.79 Å². The summed E-state index contributed by atoms with van der Waals surface area (Å²) in [6, 6.07) is -2.21. The summed E-state index contributed by atoms with van der Waals surface area (Å²) in [5, 5.41) is 15.2. The van der Waals surface area contributed by atoms with Crippen LogP contribution in [0.3, 0.4) is 0 Å². The maximum atomic E-state index is 12.8. The lowest BCUT2D eigenvalue weighted by Gasteiger charge is -2.29. The molecule has 0 fully saturated rings. The third-order valence-electron chi connectivity index (χ3n) is 4.95. The molecule has 0 aromatic carbocycles. The molecule has 0 rings (SSSR count). The lowest BCUT2D eigenvalue weighted by molar-refractivity contribution is -0.207. The Kier molecular flexibility index (Phi) is 13.0. The molecule has 0 saturated heterocycles. The van der Waals surface area contributed by atoms with Crippen molar-refractivity contribution in [2.24, 2.45) is 10.9 Å². The summed E-state index contributed by atoms with van der Waals surface area (Å²) >= 11 is 0. The van der Waals surface area contributed by atoms with E-state index in [1.807, 2.05) is 6.92 Å². The highest BCUT2D eigenvalue weighted by Gasteiger charge is 2.41. The van der Waals surface area contributed by atoms with Crippen molar-refractivity contribution in [3.8, 4) is 0 Å². The number of alkyl halides is 6. The fourth-order valence-electron chi connectivity index (χ4n) is 3.13. The van der Waals surface area contributed by atoms with Crippen LogP contribution >= 0.6 is 0 Å². The van der Waals surface area contributed by atoms with Gasteiger partial charge in [0.15, 0.2) is 11.9 Å². The Balaban J connectivity index is 5.96. The summed E-state index contributed by atoms with van der Waals surface area (Å²) < 4.78 is 76.2. The predicted molar refractivity (Wildman–Crippen MR) is 113 cm³/mol. The van der Waals surface area contributed by atoms with Gasteiger partial charge in [-0.15, -0.1) is 0 Å². The molecule has 0 heterocycles. The van der Waals surface area contributed by atoms with E-state index in [1.165, 1.54) is 6.92 Å². The third-order valence-corrected chi connectivity index (χ3v) is 4.95. The van der Waals surface area contributed by atoms with Gasteiger partial charge < -0.3 is 15.7 Å². The zero-order valence-electron chi connectivity index (χ0n) is 18.9. The van der Waals surface area contributed by atoms with Crippen LogP contribution in [0.1, 0.15) is 40.5 Å². The van der Waals surface area contributed by atoms with Gasteiger partial charge in [-0.2, -0.15) is 26.3 Å². The number of allylic oxidation sites excluding steroid dienone is 2. The predicted octanol–water partition coefficient (Wildman–Crippen LogP) is 3.99. The van der Waals surface area contributed by atoms with Gasteiger partial charge >= 0.3 is 12.4 Å². The van der Waals surface area contributed by atoms with Crippen molar-refractivity contribution in [1.82, 2.24) is 10.6 Å². The topological polar surface area (TPSA) is 73.7 Å². The van der Waals surface area contributed by atoms with Crippen molar-refractivity contribution in [2.45, 2.75) is 71.1 Å². The van der Waals surface area contributed by atoms with Crippen LogP contribution in [0.5, 0.6) is 0 Å². The summed E-state index contributed by atoms with van der Waals surface area (Å²) in [7, 11) is 1.56. The number of nitrogens with zero attached hydrogens (tertiary/aromatic N) is 1. The molecule has 0 radical (unpaired) electrons. The smallest absolute Gasteiger partial charge is 0.382 e. The quantitative estimate of drug-likeness (QED) is 0.164. The molecule has 3 unspecified atom stereocenters. The molecule has 0 aliphatic carbocycles. The SMILES string of the molecule is C/C=C\C(CCC(F)(F)F)C(NC)/C(CNCC)=C(\C)C(=O)C=N[C@H](C)C(O)C(F)(F)F. The van der Waals surface area contributed by atoms with Crippen molar-refractivity contribution in [3.63, 3.8) is 0 Å². The number of carbonyl (C=O) groups excluding carboxylic acids is 1. The number of hydrogen-bond acceptors (Lipinski definition) is 5. The number of likely N-dealkylation sites (N-methyl/N-ethyl adjacent to an activating group) is 2. The Morgan fingerprint density at radius 1 is 1.19 bits per heavy atom. The molecule has 0 aromatic heterocycles. The summed E-state index contributed by atoms with van der Waals surface area (Å²) in [5.41, 5.74) is 0.643. The number of rotatable bonds is 13. The zero-order valence-corrected chi connectivity index (χ0v) is 18.9. The van der Waals surface area contributed by atoms with E-state index in [1.54, 1.807) is 26.1 Å². The highest BCUT2D eigenvalue weighted by molar-refractivity contribution is 6.35. The summed E-state index contributed by atoms with van der Waals surface area (Å²) in [6.45, 7) is 6.69. The minimum atomic E-state index is -4.88. The number of carbonyl (C=O) groups is 1. The van der Waals surface area contributed by atoms with E-state index in [0.717, 1.165) is 6.92 Å².